The summed E-state index contributed by atoms with van der Waals surface area (Å²) in [4.78, 5) is 7.02. The SMILES string of the molecule is Cc1ccn2c(CN(C)C)c(-c3ccc(Cl)c(C)c3)nc2c1.Cl.Cl. The minimum atomic E-state index is 0. The van der Waals surface area contributed by atoms with E-state index in [9.17, 15) is 0 Å². The second-order valence-corrected chi connectivity index (χ2v) is 6.45. The van der Waals surface area contributed by atoms with Crippen LogP contribution in [-0.4, -0.2) is 28.4 Å². The number of pyridine rings is 1. The van der Waals surface area contributed by atoms with Gasteiger partial charge >= 0.3 is 0 Å². The lowest BCUT2D eigenvalue weighted by molar-refractivity contribution is 0.396. The third-order valence-corrected chi connectivity index (χ3v) is 4.20. The van der Waals surface area contributed by atoms with E-state index in [1.807, 2.05) is 19.1 Å². The maximum Gasteiger partial charge on any atom is 0.137 e. The van der Waals surface area contributed by atoms with Gasteiger partial charge in [0.05, 0.1) is 11.4 Å². The Morgan fingerprint density at radius 2 is 1.79 bits per heavy atom. The molecule has 3 rings (SSSR count). The molecule has 0 radical (unpaired) electrons. The van der Waals surface area contributed by atoms with Gasteiger partial charge in [0.1, 0.15) is 5.65 Å². The van der Waals surface area contributed by atoms with Crippen LogP contribution in [-0.2, 0) is 6.54 Å². The molecule has 2 heterocycles. The Morgan fingerprint density at radius 3 is 2.42 bits per heavy atom. The molecule has 24 heavy (non-hydrogen) atoms. The summed E-state index contributed by atoms with van der Waals surface area (Å²) in [6, 6.07) is 10.3. The number of imidazole rings is 1. The first-order valence-corrected chi connectivity index (χ1v) is 7.72. The summed E-state index contributed by atoms with van der Waals surface area (Å²) < 4.78 is 2.17. The van der Waals surface area contributed by atoms with Crippen molar-refractivity contribution in [3.05, 3.63) is 58.4 Å². The molecule has 1 aromatic carbocycles. The number of fused-ring (bicyclic) bond motifs is 1. The highest BCUT2D eigenvalue weighted by Gasteiger charge is 2.15. The molecule has 0 aliphatic heterocycles. The summed E-state index contributed by atoms with van der Waals surface area (Å²) in [7, 11) is 4.15. The van der Waals surface area contributed by atoms with Gasteiger partial charge in [0.15, 0.2) is 0 Å². The second-order valence-electron chi connectivity index (χ2n) is 6.04. The van der Waals surface area contributed by atoms with Crippen molar-refractivity contribution in [1.82, 2.24) is 14.3 Å². The lowest BCUT2D eigenvalue weighted by atomic mass is 10.1. The molecule has 0 aliphatic rings. The molecule has 0 unspecified atom stereocenters. The number of hydrogen-bond donors (Lipinski definition) is 0. The first-order valence-electron chi connectivity index (χ1n) is 7.34. The van der Waals surface area contributed by atoms with E-state index in [1.54, 1.807) is 0 Å². The van der Waals surface area contributed by atoms with Crippen LogP contribution in [0.1, 0.15) is 16.8 Å². The van der Waals surface area contributed by atoms with Crippen molar-refractivity contribution in [3.63, 3.8) is 0 Å². The molecule has 2 aromatic heterocycles. The van der Waals surface area contributed by atoms with E-state index in [1.165, 1.54) is 11.3 Å². The average Bonchev–Trinajstić information content (AvgIpc) is 2.79. The zero-order valence-electron chi connectivity index (χ0n) is 14.2. The number of rotatable bonds is 3. The van der Waals surface area contributed by atoms with Crippen molar-refractivity contribution in [2.24, 2.45) is 0 Å². The van der Waals surface area contributed by atoms with Gasteiger partial charge in [0.2, 0.25) is 0 Å². The molecular formula is C18H22Cl3N3. The van der Waals surface area contributed by atoms with Gasteiger partial charge in [-0.15, -0.1) is 24.8 Å². The first-order chi connectivity index (χ1) is 10.5. The van der Waals surface area contributed by atoms with Crippen LogP contribution in [0, 0.1) is 13.8 Å². The molecule has 0 spiro atoms. The highest BCUT2D eigenvalue weighted by Crippen LogP contribution is 2.28. The summed E-state index contributed by atoms with van der Waals surface area (Å²) in [5.41, 5.74) is 6.61. The van der Waals surface area contributed by atoms with Crippen molar-refractivity contribution >= 4 is 42.1 Å². The molecule has 0 amide bonds. The maximum atomic E-state index is 6.16. The lowest BCUT2D eigenvalue weighted by Crippen LogP contribution is -2.13. The first kappa shape index (κ1) is 20.8. The van der Waals surface area contributed by atoms with Crippen LogP contribution in [0.3, 0.4) is 0 Å². The quantitative estimate of drug-likeness (QED) is 0.618. The molecular weight excluding hydrogens is 365 g/mol. The number of aryl methyl sites for hydroxylation is 2. The van der Waals surface area contributed by atoms with Gasteiger partial charge in [-0.2, -0.15) is 0 Å². The van der Waals surface area contributed by atoms with Gasteiger partial charge in [-0.05, 0) is 63.3 Å². The summed E-state index contributed by atoms with van der Waals surface area (Å²) in [6.45, 7) is 4.95. The molecule has 3 nitrogen and oxygen atoms in total. The van der Waals surface area contributed by atoms with E-state index >= 15 is 0 Å². The molecule has 0 N–H and O–H groups in total. The number of nitrogens with zero attached hydrogens (tertiary/aromatic N) is 3. The third-order valence-electron chi connectivity index (χ3n) is 3.78. The number of halogens is 3. The molecule has 0 fully saturated rings. The summed E-state index contributed by atoms with van der Waals surface area (Å²) in [5, 5.41) is 0.789. The molecule has 130 valence electrons. The smallest absolute Gasteiger partial charge is 0.137 e. The standard InChI is InChI=1S/C18H20ClN3.2ClH/c1-12-7-8-22-16(11-21(3)4)18(20-17(22)9-12)14-5-6-15(19)13(2)10-14;;/h5-10H,11H2,1-4H3;2*1H. The highest BCUT2D eigenvalue weighted by molar-refractivity contribution is 6.31. The van der Waals surface area contributed by atoms with E-state index in [2.05, 4.69) is 54.7 Å². The Labute approximate surface area is 160 Å². The summed E-state index contributed by atoms with van der Waals surface area (Å²) >= 11 is 6.16. The van der Waals surface area contributed by atoms with Crippen molar-refractivity contribution in [2.45, 2.75) is 20.4 Å². The fraction of sp³-hybridized carbons (Fsp3) is 0.278. The Balaban J connectivity index is 0.00000144. The average molecular weight is 387 g/mol. The summed E-state index contributed by atoms with van der Waals surface area (Å²) in [6.07, 6.45) is 2.10. The molecule has 3 aromatic rings. The van der Waals surface area contributed by atoms with Crippen LogP contribution in [0.15, 0.2) is 36.5 Å². The Kier molecular flexibility index (Phi) is 7.11. The van der Waals surface area contributed by atoms with Gasteiger partial charge in [0, 0.05) is 23.3 Å². The van der Waals surface area contributed by atoms with Crippen LogP contribution in [0.25, 0.3) is 16.9 Å². The fourth-order valence-electron chi connectivity index (χ4n) is 2.67. The Morgan fingerprint density at radius 1 is 1.08 bits per heavy atom. The minimum absolute atomic E-state index is 0. The van der Waals surface area contributed by atoms with Gasteiger partial charge < -0.3 is 9.30 Å². The molecule has 6 heteroatoms. The zero-order chi connectivity index (χ0) is 15.9. The van der Waals surface area contributed by atoms with Crippen LogP contribution < -0.4 is 0 Å². The maximum absolute atomic E-state index is 6.16. The van der Waals surface area contributed by atoms with Gasteiger partial charge in [-0.1, -0.05) is 17.7 Å². The molecule has 0 saturated heterocycles. The molecule has 0 bridgehead atoms. The topological polar surface area (TPSA) is 20.5 Å². The second kappa shape index (κ2) is 8.21. The van der Waals surface area contributed by atoms with E-state index in [0.717, 1.165) is 34.0 Å². The van der Waals surface area contributed by atoms with Gasteiger partial charge in [-0.3, -0.25) is 0 Å². The van der Waals surface area contributed by atoms with Crippen molar-refractivity contribution in [1.29, 1.82) is 0 Å². The van der Waals surface area contributed by atoms with Crippen LogP contribution in [0.4, 0.5) is 0 Å². The van der Waals surface area contributed by atoms with Crippen LogP contribution >= 0.6 is 36.4 Å². The number of benzene rings is 1. The van der Waals surface area contributed by atoms with Crippen LogP contribution in [0.5, 0.6) is 0 Å². The largest absolute Gasteiger partial charge is 0.304 e. The zero-order valence-corrected chi connectivity index (χ0v) is 16.6. The highest BCUT2D eigenvalue weighted by atomic mass is 35.5. The lowest BCUT2D eigenvalue weighted by Gasteiger charge is -2.12. The van der Waals surface area contributed by atoms with E-state index < -0.39 is 0 Å². The van der Waals surface area contributed by atoms with E-state index in [-0.39, 0.29) is 24.8 Å². The van der Waals surface area contributed by atoms with Gasteiger partial charge in [0.25, 0.3) is 0 Å². The fourth-order valence-corrected chi connectivity index (χ4v) is 2.79. The number of hydrogen-bond acceptors (Lipinski definition) is 2. The normalized spacial score (nSPS) is 10.6. The van der Waals surface area contributed by atoms with E-state index in [4.69, 9.17) is 16.6 Å². The predicted octanol–water partition coefficient (Wildman–Crippen LogP) is 5.18. The monoisotopic (exact) mass is 385 g/mol. The molecule has 0 atom stereocenters. The van der Waals surface area contributed by atoms with Gasteiger partial charge in [-0.25, -0.2) is 4.98 Å². The molecule has 0 saturated carbocycles. The van der Waals surface area contributed by atoms with Crippen molar-refractivity contribution in [3.8, 4) is 11.3 Å². The Bertz CT molecular complexity index is 841. The Hall–Kier alpha value is -1.26. The third kappa shape index (κ3) is 4.04. The minimum Gasteiger partial charge on any atom is -0.304 e. The summed E-state index contributed by atoms with van der Waals surface area (Å²) in [5.74, 6) is 0. The van der Waals surface area contributed by atoms with Crippen molar-refractivity contribution < 1.29 is 0 Å². The molecule has 0 aliphatic carbocycles. The van der Waals surface area contributed by atoms with Crippen LogP contribution in [0.2, 0.25) is 5.02 Å². The number of aromatic nitrogens is 2. The van der Waals surface area contributed by atoms with E-state index in [0.29, 0.717) is 0 Å². The predicted molar refractivity (Wildman–Crippen MR) is 107 cm³/mol. The van der Waals surface area contributed by atoms with Crippen molar-refractivity contribution in [2.75, 3.05) is 14.1 Å².